The highest BCUT2D eigenvalue weighted by Crippen LogP contribution is 2.23. The summed E-state index contributed by atoms with van der Waals surface area (Å²) in [4.78, 5) is 5.31. The second-order valence-electron chi connectivity index (χ2n) is 13.2. The van der Waals surface area contributed by atoms with Gasteiger partial charge in [0.25, 0.3) is 0 Å². The first-order chi connectivity index (χ1) is 19.8. The van der Waals surface area contributed by atoms with E-state index < -0.39 is 0 Å². The maximum Gasteiger partial charge on any atom is 0.101 e. The first kappa shape index (κ1) is 37.4. The molecule has 1 rings (SSSR count). The highest BCUT2D eigenvalue weighted by molar-refractivity contribution is 4.96. The Balaban J connectivity index is 1.98. The number of hydrogen-bond donors (Lipinski definition) is 0. The van der Waals surface area contributed by atoms with Crippen LogP contribution in [-0.2, 0) is 0 Å². The molecule has 0 saturated heterocycles. The van der Waals surface area contributed by atoms with Crippen LogP contribution >= 0.6 is 0 Å². The molecule has 2 heteroatoms. The maximum atomic E-state index is 2.68. The van der Waals surface area contributed by atoms with Gasteiger partial charge in [0.05, 0.1) is 0 Å². The van der Waals surface area contributed by atoms with Crippen LogP contribution in [0.15, 0.2) is 12.4 Å². The second-order valence-corrected chi connectivity index (χ2v) is 13.2. The Morgan fingerprint density at radius 1 is 0.325 bits per heavy atom. The monoisotopic (exact) mass is 561 g/mol. The molecule has 0 N–H and O–H groups in total. The number of rotatable bonds is 32. The van der Waals surface area contributed by atoms with Crippen molar-refractivity contribution in [3.63, 3.8) is 0 Å². The van der Waals surface area contributed by atoms with Crippen molar-refractivity contribution in [2.24, 2.45) is 0 Å². The van der Waals surface area contributed by atoms with E-state index in [4.69, 9.17) is 0 Å². The smallest absolute Gasteiger partial charge is 0.101 e. The van der Waals surface area contributed by atoms with Crippen LogP contribution in [-0.4, -0.2) is 29.1 Å². The van der Waals surface area contributed by atoms with Crippen molar-refractivity contribution in [1.29, 1.82) is 0 Å². The minimum atomic E-state index is 0.638. The second kappa shape index (κ2) is 29.8. The van der Waals surface area contributed by atoms with Gasteiger partial charge in [-0.25, -0.2) is 0 Å². The van der Waals surface area contributed by atoms with E-state index in [-0.39, 0.29) is 0 Å². The first-order valence-corrected chi connectivity index (χ1v) is 19.0. The summed E-state index contributed by atoms with van der Waals surface area (Å²) in [6.07, 6.45) is 48.6. The van der Waals surface area contributed by atoms with Crippen molar-refractivity contribution in [2.45, 2.75) is 220 Å². The predicted molar refractivity (Wildman–Crippen MR) is 182 cm³/mol. The highest BCUT2D eigenvalue weighted by atomic mass is 15.4. The Hall–Kier alpha value is -0.660. The van der Waals surface area contributed by atoms with Crippen molar-refractivity contribution in [1.82, 2.24) is 9.80 Å². The third-order valence-electron chi connectivity index (χ3n) is 9.28. The van der Waals surface area contributed by atoms with Gasteiger partial charge in [0.15, 0.2) is 0 Å². The van der Waals surface area contributed by atoms with Crippen molar-refractivity contribution in [2.75, 3.05) is 13.1 Å². The molecule has 1 aliphatic heterocycles. The Morgan fingerprint density at radius 3 is 0.975 bits per heavy atom. The van der Waals surface area contributed by atoms with Crippen LogP contribution in [0.25, 0.3) is 0 Å². The van der Waals surface area contributed by atoms with Crippen molar-refractivity contribution < 1.29 is 0 Å². The van der Waals surface area contributed by atoms with Gasteiger partial charge in [0.1, 0.15) is 6.17 Å². The van der Waals surface area contributed by atoms with E-state index in [1.807, 2.05) is 0 Å². The molecule has 40 heavy (non-hydrogen) atoms. The van der Waals surface area contributed by atoms with Gasteiger partial charge >= 0.3 is 0 Å². The number of nitrogens with zero attached hydrogens (tertiary/aromatic N) is 2. The lowest BCUT2D eigenvalue weighted by atomic mass is 10.0. The van der Waals surface area contributed by atoms with Gasteiger partial charge in [0, 0.05) is 25.5 Å². The lowest BCUT2D eigenvalue weighted by Gasteiger charge is -2.33. The molecule has 0 saturated carbocycles. The molecule has 0 spiro atoms. The molecule has 0 fully saturated rings. The van der Waals surface area contributed by atoms with Gasteiger partial charge in [-0.3, -0.25) is 0 Å². The summed E-state index contributed by atoms with van der Waals surface area (Å²) in [6.45, 7) is 9.42. The molecule has 0 aliphatic carbocycles. The van der Waals surface area contributed by atoms with Crippen molar-refractivity contribution in [3.8, 4) is 0 Å². The summed E-state index contributed by atoms with van der Waals surface area (Å²) >= 11 is 0. The van der Waals surface area contributed by atoms with Gasteiger partial charge in [-0.1, -0.05) is 188 Å². The van der Waals surface area contributed by atoms with Gasteiger partial charge in [-0.05, 0) is 25.7 Å². The van der Waals surface area contributed by atoms with E-state index in [0.29, 0.717) is 6.17 Å². The zero-order valence-electron chi connectivity index (χ0n) is 28.3. The van der Waals surface area contributed by atoms with E-state index >= 15 is 0 Å². The molecule has 0 amide bonds. The lowest BCUT2D eigenvalue weighted by molar-refractivity contribution is 0.137. The topological polar surface area (TPSA) is 6.48 Å². The third kappa shape index (κ3) is 22.0. The average Bonchev–Trinajstić information content (AvgIpc) is 3.34. The zero-order valence-corrected chi connectivity index (χ0v) is 28.3. The molecule has 238 valence electrons. The molecular formula is C38H76N2. The fourth-order valence-electron chi connectivity index (χ4n) is 6.61. The van der Waals surface area contributed by atoms with Gasteiger partial charge < -0.3 is 9.80 Å². The molecule has 0 radical (unpaired) electrons. The van der Waals surface area contributed by atoms with E-state index in [1.165, 1.54) is 206 Å². The number of hydrogen-bond acceptors (Lipinski definition) is 2. The zero-order chi connectivity index (χ0) is 28.8. The van der Waals surface area contributed by atoms with Gasteiger partial charge in [-0.15, -0.1) is 0 Å². The van der Waals surface area contributed by atoms with E-state index in [9.17, 15) is 0 Å². The molecule has 1 unspecified atom stereocenters. The SMILES string of the molecule is CCCCCCCCCCCCCCCCCCN1C=CN(CCC)C1CCCCCCCCCCCCCC. The quantitative estimate of drug-likeness (QED) is 0.0755. The van der Waals surface area contributed by atoms with Crippen molar-refractivity contribution in [3.05, 3.63) is 12.4 Å². The lowest BCUT2D eigenvalue weighted by Crippen LogP contribution is -2.39. The molecule has 0 aromatic heterocycles. The molecule has 1 aliphatic rings. The summed E-state index contributed by atoms with van der Waals surface area (Å²) in [6, 6.07) is 0. The van der Waals surface area contributed by atoms with Crippen LogP contribution in [0.5, 0.6) is 0 Å². The molecule has 0 aromatic carbocycles. The van der Waals surface area contributed by atoms with Crippen molar-refractivity contribution >= 4 is 0 Å². The van der Waals surface area contributed by atoms with Crippen LogP contribution in [0.2, 0.25) is 0 Å². The summed E-state index contributed by atoms with van der Waals surface area (Å²) < 4.78 is 0. The summed E-state index contributed by atoms with van der Waals surface area (Å²) in [5, 5.41) is 0. The molecule has 1 heterocycles. The number of unbranched alkanes of at least 4 members (excludes halogenated alkanes) is 26. The normalized spacial score (nSPS) is 15.1. The van der Waals surface area contributed by atoms with E-state index in [0.717, 1.165) is 0 Å². The predicted octanol–water partition coefficient (Wildman–Crippen LogP) is 13.2. The molecule has 0 bridgehead atoms. The minimum Gasteiger partial charge on any atom is -0.356 e. The van der Waals surface area contributed by atoms with Crippen LogP contribution in [0.3, 0.4) is 0 Å². The van der Waals surface area contributed by atoms with E-state index in [1.54, 1.807) is 0 Å². The summed E-state index contributed by atoms with van der Waals surface area (Å²) in [7, 11) is 0. The Bertz CT molecular complexity index is 516. The average molecular weight is 561 g/mol. The van der Waals surface area contributed by atoms with Gasteiger partial charge in [0.2, 0.25) is 0 Å². The Labute approximate surface area is 254 Å². The van der Waals surface area contributed by atoms with E-state index in [2.05, 4.69) is 43.0 Å². The molecule has 0 aromatic rings. The minimum absolute atomic E-state index is 0.638. The van der Waals surface area contributed by atoms with Crippen LogP contribution in [0, 0.1) is 0 Å². The maximum absolute atomic E-state index is 2.68. The summed E-state index contributed by atoms with van der Waals surface area (Å²) in [5.74, 6) is 0. The largest absolute Gasteiger partial charge is 0.356 e. The summed E-state index contributed by atoms with van der Waals surface area (Å²) in [5.41, 5.74) is 0. The first-order valence-electron chi connectivity index (χ1n) is 19.0. The van der Waals surface area contributed by atoms with Crippen LogP contribution < -0.4 is 0 Å². The fraction of sp³-hybridized carbons (Fsp3) is 0.947. The van der Waals surface area contributed by atoms with Crippen LogP contribution in [0.1, 0.15) is 213 Å². The Kier molecular flexibility index (Phi) is 27.9. The third-order valence-corrected chi connectivity index (χ3v) is 9.28. The molecule has 2 nitrogen and oxygen atoms in total. The fourth-order valence-corrected chi connectivity index (χ4v) is 6.61. The highest BCUT2D eigenvalue weighted by Gasteiger charge is 2.24. The van der Waals surface area contributed by atoms with Gasteiger partial charge in [-0.2, -0.15) is 0 Å². The Morgan fingerprint density at radius 2 is 0.625 bits per heavy atom. The standard InChI is InChI=1S/C38H76N2/c1-4-7-9-11-13-15-17-19-20-21-22-24-26-28-30-32-35-40-37-36-39(34-6-3)38(40)33-31-29-27-25-23-18-16-14-12-10-8-5-2/h36-38H,4-35H2,1-3H3. The van der Waals surface area contributed by atoms with Crippen LogP contribution in [0.4, 0.5) is 0 Å². The molecular weight excluding hydrogens is 484 g/mol. The molecule has 1 atom stereocenters.